The second kappa shape index (κ2) is 11.9. The van der Waals surface area contributed by atoms with Gasteiger partial charge in [0, 0.05) is 24.7 Å². The fourth-order valence-electron chi connectivity index (χ4n) is 4.14. The molecule has 3 aromatic rings. The van der Waals surface area contributed by atoms with Crippen LogP contribution in [0.3, 0.4) is 0 Å². The Kier molecular flexibility index (Phi) is 8.24. The predicted octanol–water partition coefficient (Wildman–Crippen LogP) is 4.81. The number of rotatable bonds is 8. The van der Waals surface area contributed by atoms with Crippen LogP contribution in [0.15, 0.2) is 84.9 Å². The normalized spacial score (nSPS) is 15.5. The van der Waals surface area contributed by atoms with Crippen LogP contribution < -0.4 is 14.8 Å². The molecule has 0 saturated carbocycles. The van der Waals surface area contributed by atoms with Gasteiger partial charge in [-0.15, -0.1) is 0 Å². The Bertz CT molecular complexity index is 1210. The molecule has 1 aliphatic heterocycles. The first-order chi connectivity index (χ1) is 17.6. The number of alkyl carbamates (subject to hydrolysis) is 1. The number of carbonyl (C=O) groups excluding carboxylic acids is 2. The molecule has 3 aromatic carbocycles. The monoisotopic (exact) mass is 486 g/mol. The zero-order valence-corrected chi connectivity index (χ0v) is 20.5. The number of benzene rings is 3. The number of methoxy groups -OCH3 is 2. The van der Waals surface area contributed by atoms with E-state index in [0.29, 0.717) is 31.0 Å². The number of nitrogens with zero attached hydrogens (tertiary/aromatic N) is 1. The zero-order valence-electron chi connectivity index (χ0n) is 20.5. The summed E-state index contributed by atoms with van der Waals surface area (Å²) in [5.41, 5.74) is 3.76. The summed E-state index contributed by atoms with van der Waals surface area (Å²) in [5, 5.41) is 2.77. The Hall–Kier alpha value is -4.26. The van der Waals surface area contributed by atoms with Crippen LogP contribution in [0.4, 0.5) is 4.79 Å². The standard InChI is InChI=1S/C29H30N2O5/c1-34-25-15-13-24(27(17-25)35-2)19-31-18-23(22-11-7-4-8-12-22)14-16-26(28(31)32)30-29(33)36-20-21-9-5-3-6-10-21/h3-15,17,26H,16,18-20H2,1-2H3,(H,30,33)/t26-/m1/s1. The van der Waals surface area contributed by atoms with E-state index in [2.05, 4.69) is 5.32 Å². The molecule has 36 heavy (non-hydrogen) atoms. The van der Waals surface area contributed by atoms with E-state index >= 15 is 0 Å². The minimum atomic E-state index is -0.751. The van der Waals surface area contributed by atoms with Gasteiger partial charge in [0.05, 0.1) is 14.2 Å². The van der Waals surface area contributed by atoms with Crippen molar-refractivity contribution in [1.82, 2.24) is 10.2 Å². The van der Waals surface area contributed by atoms with E-state index in [1.807, 2.05) is 78.9 Å². The molecule has 0 saturated heterocycles. The molecule has 1 heterocycles. The van der Waals surface area contributed by atoms with E-state index in [4.69, 9.17) is 14.2 Å². The largest absolute Gasteiger partial charge is 0.497 e. The molecule has 0 bridgehead atoms. The van der Waals surface area contributed by atoms with Crippen LogP contribution in [0.5, 0.6) is 11.5 Å². The highest BCUT2D eigenvalue weighted by atomic mass is 16.5. The minimum Gasteiger partial charge on any atom is -0.497 e. The summed E-state index contributed by atoms with van der Waals surface area (Å²) in [4.78, 5) is 27.9. The topological polar surface area (TPSA) is 77.1 Å². The van der Waals surface area contributed by atoms with E-state index in [1.54, 1.807) is 25.2 Å². The van der Waals surface area contributed by atoms with Crippen molar-refractivity contribution in [2.45, 2.75) is 25.6 Å². The second-order valence-corrected chi connectivity index (χ2v) is 8.46. The van der Waals surface area contributed by atoms with E-state index < -0.39 is 12.1 Å². The first-order valence-electron chi connectivity index (χ1n) is 11.8. The number of nitrogens with one attached hydrogen (secondary N) is 1. The number of carbonyl (C=O) groups is 2. The maximum absolute atomic E-state index is 13.6. The van der Waals surface area contributed by atoms with E-state index in [1.165, 1.54) is 0 Å². The molecule has 0 aliphatic carbocycles. The highest BCUT2D eigenvalue weighted by molar-refractivity contribution is 5.89. The highest BCUT2D eigenvalue weighted by Crippen LogP contribution is 2.28. The molecule has 7 heteroatoms. The van der Waals surface area contributed by atoms with Crippen LogP contribution in [0, 0.1) is 0 Å². The molecular weight excluding hydrogens is 456 g/mol. The number of hydrogen-bond donors (Lipinski definition) is 1. The smallest absolute Gasteiger partial charge is 0.408 e. The van der Waals surface area contributed by atoms with E-state index in [0.717, 1.165) is 22.3 Å². The van der Waals surface area contributed by atoms with Crippen LogP contribution in [-0.4, -0.2) is 43.7 Å². The van der Waals surface area contributed by atoms with Crippen LogP contribution >= 0.6 is 0 Å². The molecule has 0 radical (unpaired) electrons. The van der Waals surface area contributed by atoms with Crippen molar-refractivity contribution in [3.8, 4) is 11.5 Å². The van der Waals surface area contributed by atoms with Crippen molar-refractivity contribution < 1.29 is 23.8 Å². The van der Waals surface area contributed by atoms with Crippen molar-refractivity contribution in [2.24, 2.45) is 0 Å². The Balaban J connectivity index is 1.54. The Morgan fingerprint density at radius 2 is 1.69 bits per heavy atom. The summed E-state index contributed by atoms with van der Waals surface area (Å²) in [6.45, 7) is 0.841. The van der Waals surface area contributed by atoms with Gasteiger partial charge in [-0.1, -0.05) is 66.7 Å². The summed E-state index contributed by atoms with van der Waals surface area (Å²) < 4.78 is 16.2. The lowest BCUT2D eigenvalue weighted by molar-refractivity contribution is -0.133. The molecule has 186 valence electrons. The average molecular weight is 487 g/mol. The lowest BCUT2D eigenvalue weighted by atomic mass is 10.0. The third kappa shape index (κ3) is 6.24. The molecule has 0 fully saturated rings. The molecule has 1 aliphatic rings. The van der Waals surface area contributed by atoms with Crippen molar-refractivity contribution in [3.63, 3.8) is 0 Å². The fraction of sp³-hybridized carbons (Fsp3) is 0.241. The van der Waals surface area contributed by atoms with Crippen molar-refractivity contribution in [2.75, 3.05) is 20.8 Å². The lowest BCUT2D eigenvalue weighted by Crippen LogP contribution is -2.47. The summed E-state index contributed by atoms with van der Waals surface area (Å²) in [6, 6.07) is 24.1. The second-order valence-electron chi connectivity index (χ2n) is 8.46. The van der Waals surface area contributed by atoms with Gasteiger partial charge >= 0.3 is 6.09 Å². The summed E-state index contributed by atoms with van der Waals surface area (Å²) in [7, 11) is 3.18. The van der Waals surface area contributed by atoms with Crippen LogP contribution in [0.1, 0.15) is 23.1 Å². The van der Waals surface area contributed by atoms with E-state index in [9.17, 15) is 9.59 Å². The van der Waals surface area contributed by atoms with Gasteiger partial charge < -0.3 is 24.4 Å². The van der Waals surface area contributed by atoms with Crippen molar-refractivity contribution in [1.29, 1.82) is 0 Å². The number of ether oxygens (including phenoxy) is 3. The first-order valence-corrected chi connectivity index (χ1v) is 11.8. The average Bonchev–Trinajstić information content (AvgIpc) is 3.07. The van der Waals surface area contributed by atoms with E-state index in [-0.39, 0.29) is 12.5 Å². The Morgan fingerprint density at radius 1 is 0.972 bits per heavy atom. The summed E-state index contributed by atoms with van der Waals surface area (Å²) >= 11 is 0. The van der Waals surface area contributed by atoms with Gasteiger partial charge in [-0.25, -0.2) is 4.79 Å². The molecule has 2 amide bonds. The van der Waals surface area contributed by atoms with Crippen LogP contribution in [-0.2, 0) is 22.7 Å². The van der Waals surface area contributed by atoms with Crippen LogP contribution in [0.25, 0.3) is 5.57 Å². The molecule has 0 spiro atoms. The summed E-state index contributed by atoms with van der Waals surface area (Å²) in [5.74, 6) is 1.11. The first kappa shape index (κ1) is 24.9. The molecular formula is C29H30N2O5. The fourth-order valence-corrected chi connectivity index (χ4v) is 4.14. The zero-order chi connectivity index (χ0) is 25.3. The SMILES string of the molecule is COc1ccc(CN2CC(c3ccccc3)=CC[C@@H](NC(=O)OCc3ccccc3)C2=O)c(OC)c1. The number of amides is 2. The third-order valence-electron chi connectivity index (χ3n) is 6.08. The van der Waals surface area contributed by atoms with Gasteiger partial charge in [0.25, 0.3) is 0 Å². The molecule has 1 atom stereocenters. The van der Waals surface area contributed by atoms with Gasteiger partial charge in [-0.3, -0.25) is 4.79 Å². The van der Waals surface area contributed by atoms with Gasteiger partial charge in [-0.05, 0) is 35.3 Å². The molecule has 1 N–H and O–H groups in total. The lowest BCUT2D eigenvalue weighted by Gasteiger charge is -2.27. The molecule has 7 nitrogen and oxygen atoms in total. The van der Waals surface area contributed by atoms with Gasteiger partial charge in [0.1, 0.15) is 24.1 Å². The molecule has 4 rings (SSSR count). The Labute approximate surface area is 211 Å². The third-order valence-corrected chi connectivity index (χ3v) is 6.08. The van der Waals surface area contributed by atoms with Gasteiger partial charge in [0.2, 0.25) is 5.91 Å². The van der Waals surface area contributed by atoms with Crippen LogP contribution in [0.2, 0.25) is 0 Å². The number of hydrogen-bond acceptors (Lipinski definition) is 5. The predicted molar refractivity (Wildman–Crippen MR) is 138 cm³/mol. The Morgan fingerprint density at radius 3 is 2.39 bits per heavy atom. The minimum absolute atomic E-state index is 0.130. The van der Waals surface area contributed by atoms with Gasteiger partial charge in [0.15, 0.2) is 0 Å². The van der Waals surface area contributed by atoms with Crippen molar-refractivity contribution in [3.05, 3.63) is 102 Å². The summed E-state index contributed by atoms with van der Waals surface area (Å²) in [6.07, 6.45) is 1.75. The maximum Gasteiger partial charge on any atom is 0.408 e. The highest BCUT2D eigenvalue weighted by Gasteiger charge is 2.30. The van der Waals surface area contributed by atoms with Gasteiger partial charge in [-0.2, -0.15) is 0 Å². The molecule has 0 aromatic heterocycles. The quantitative estimate of drug-likeness (QED) is 0.494. The maximum atomic E-state index is 13.6. The van der Waals surface area contributed by atoms with Crippen molar-refractivity contribution >= 4 is 17.6 Å². The molecule has 0 unspecified atom stereocenters.